The van der Waals surface area contributed by atoms with E-state index in [9.17, 15) is 0 Å². The van der Waals surface area contributed by atoms with Crippen molar-refractivity contribution in [3.63, 3.8) is 0 Å². The van der Waals surface area contributed by atoms with E-state index in [0.717, 1.165) is 30.1 Å². The third kappa shape index (κ3) is 3.24. The summed E-state index contributed by atoms with van der Waals surface area (Å²) in [4.78, 5) is 7.55. The van der Waals surface area contributed by atoms with Crippen LogP contribution in [0.1, 0.15) is 33.3 Å². The molecule has 0 bridgehead atoms. The van der Waals surface area contributed by atoms with E-state index in [1.807, 2.05) is 6.08 Å². The minimum Gasteiger partial charge on any atom is -0.374 e. The van der Waals surface area contributed by atoms with Gasteiger partial charge in [-0.2, -0.15) is 0 Å². The molecule has 2 aliphatic rings. The van der Waals surface area contributed by atoms with Crippen molar-refractivity contribution in [1.29, 1.82) is 0 Å². The third-order valence-electron chi connectivity index (χ3n) is 5.14. The van der Waals surface area contributed by atoms with Crippen LogP contribution in [-0.4, -0.2) is 23.7 Å². The van der Waals surface area contributed by atoms with Crippen LogP contribution in [0.4, 0.5) is 0 Å². The van der Waals surface area contributed by atoms with Crippen molar-refractivity contribution < 1.29 is 0 Å². The highest BCUT2D eigenvalue weighted by atomic mass is 15.1. The van der Waals surface area contributed by atoms with Crippen LogP contribution in [0.15, 0.2) is 88.7 Å². The van der Waals surface area contributed by atoms with Gasteiger partial charge in [-0.15, -0.1) is 0 Å². The average molecular weight is 345 g/mol. The number of nitrogens with zero attached hydrogens (tertiary/aromatic N) is 2. The van der Waals surface area contributed by atoms with Crippen molar-refractivity contribution in [2.45, 2.75) is 27.7 Å². The lowest BCUT2D eigenvalue weighted by molar-refractivity contribution is 0.365. The summed E-state index contributed by atoms with van der Waals surface area (Å²) >= 11 is 0. The Bertz CT molecular complexity index is 843. The fourth-order valence-electron chi connectivity index (χ4n) is 3.70. The number of dihydropyridines is 1. The van der Waals surface area contributed by atoms with Crippen LogP contribution >= 0.6 is 0 Å². The Kier molecular flexibility index (Phi) is 5.41. The summed E-state index contributed by atoms with van der Waals surface area (Å²) in [5.74, 6) is 0.205. The van der Waals surface area contributed by atoms with Crippen LogP contribution in [0.2, 0.25) is 0 Å². The van der Waals surface area contributed by atoms with E-state index in [-0.39, 0.29) is 5.92 Å². The van der Waals surface area contributed by atoms with Gasteiger partial charge in [0.15, 0.2) is 0 Å². The van der Waals surface area contributed by atoms with Gasteiger partial charge in [0.25, 0.3) is 0 Å². The standard InChI is InChI=1S/C24H28N2/c1-6-18(5)23-22(19-12-10-9-11-13-19)24(26(7-2)8-3)20-16-17(4)14-15-21(20)25-23/h6,9-16,20H,1,7-8H2,2-5H3/b23-18-. The predicted octanol–water partition coefficient (Wildman–Crippen LogP) is 5.79. The predicted molar refractivity (Wildman–Crippen MR) is 113 cm³/mol. The van der Waals surface area contributed by atoms with Gasteiger partial charge in [-0.05, 0) is 44.9 Å². The summed E-state index contributed by atoms with van der Waals surface area (Å²) in [7, 11) is 0. The maximum atomic E-state index is 5.08. The normalized spacial score (nSPS) is 21.0. The molecule has 3 rings (SSSR count). The molecule has 1 aromatic carbocycles. The third-order valence-corrected chi connectivity index (χ3v) is 5.14. The Hall–Kier alpha value is -2.61. The molecule has 1 heterocycles. The Labute approximate surface area is 157 Å². The Morgan fingerprint density at radius 1 is 1.15 bits per heavy atom. The van der Waals surface area contributed by atoms with Gasteiger partial charge < -0.3 is 4.90 Å². The molecule has 2 heteroatoms. The molecule has 0 radical (unpaired) electrons. The summed E-state index contributed by atoms with van der Waals surface area (Å²) in [5, 5.41) is 0. The molecule has 1 aliphatic carbocycles. The minimum atomic E-state index is 0.205. The van der Waals surface area contributed by atoms with Crippen LogP contribution in [-0.2, 0) is 0 Å². The summed E-state index contributed by atoms with van der Waals surface area (Å²) in [6.45, 7) is 14.7. The molecular weight excluding hydrogens is 316 g/mol. The minimum absolute atomic E-state index is 0.205. The van der Waals surface area contributed by atoms with Gasteiger partial charge in [0.05, 0.1) is 17.3 Å². The second-order valence-electron chi connectivity index (χ2n) is 6.79. The first-order valence-electron chi connectivity index (χ1n) is 9.44. The molecule has 134 valence electrons. The average Bonchev–Trinajstić information content (AvgIpc) is 2.68. The molecule has 0 spiro atoms. The molecule has 26 heavy (non-hydrogen) atoms. The number of fused-ring (bicyclic) bond motifs is 1. The molecule has 1 unspecified atom stereocenters. The number of hydrogen-bond acceptors (Lipinski definition) is 2. The fraction of sp³-hybridized carbons (Fsp3) is 0.292. The van der Waals surface area contributed by atoms with Crippen LogP contribution in [0.5, 0.6) is 0 Å². The zero-order valence-electron chi connectivity index (χ0n) is 16.3. The van der Waals surface area contributed by atoms with Gasteiger partial charge in [-0.3, -0.25) is 4.99 Å². The molecule has 0 aromatic heterocycles. The SMILES string of the molecule is C=C/C(C)=C1\N=C2C=CC(C)=CC2C(N(CC)CC)=C1c1ccccc1. The number of allylic oxidation sites excluding steroid dienone is 7. The van der Waals surface area contributed by atoms with Crippen molar-refractivity contribution in [3.8, 4) is 0 Å². The summed E-state index contributed by atoms with van der Waals surface area (Å²) in [5.41, 5.74) is 8.36. The van der Waals surface area contributed by atoms with Gasteiger partial charge >= 0.3 is 0 Å². The quantitative estimate of drug-likeness (QED) is 0.660. The van der Waals surface area contributed by atoms with E-state index in [1.165, 1.54) is 22.4 Å². The van der Waals surface area contributed by atoms with E-state index < -0.39 is 0 Å². The van der Waals surface area contributed by atoms with Crippen LogP contribution < -0.4 is 0 Å². The van der Waals surface area contributed by atoms with Crippen molar-refractivity contribution in [3.05, 3.63) is 89.3 Å². The van der Waals surface area contributed by atoms with Gasteiger partial charge in [-0.25, -0.2) is 0 Å². The molecule has 2 nitrogen and oxygen atoms in total. The van der Waals surface area contributed by atoms with Crippen LogP contribution in [0, 0.1) is 5.92 Å². The lowest BCUT2D eigenvalue weighted by atomic mass is 9.82. The summed E-state index contributed by atoms with van der Waals surface area (Å²) in [6.07, 6.45) is 8.58. The Morgan fingerprint density at radius 2 is 1.85 bits per heavy atom. The first-order chi connectivity index (χ1) is 12.6. The van der Waals surface area contributed by atoms with Crippen LogP contribution in [0.25, 0.3) is 5.57 Å². The molecule has 0 fully saturated rings. The molecule has 1 aromatic rings. The van der Waals surface area contributed by atoms with Crippen molar-refractivity contribution in [2.24, 2.45) is 10.9 Å². The second kappa shape index (κ2) is 7.74. The topological polar surface area (TPSA) is 15.6 Å². The summed E-state index contributed by atoms with van der Waals surface area (Å²) < 4.78 is 0. The zero-order valence-corrected chi connectivity index (χ0v) is 16.3. The van der Waals surface area contributed by atoms with Crippen molar-refractivity contribution in [2.75, 3.05) is 13.1 Å². The molecule has 1 aliphatic heterocycles. The molecule has 0 saturated carbocycles. The molecule has 0 amide bonds. The molecule has 0 saturated heterocycles. The summed E-state index contributed by atoms with van der Waals surface area (Å²) in [6, 6.07) is 10.6. The maximum Gasteiger partial charge on any atom is 0.0758 e. The lowest BCUT2D eigenvalue weighted by Gasteiger charge is -2.37. The second-order valence-corrected chi connectivity index (χ2v) is 6.79. The maximum absolute atomic E-state index is 5.08. The van der Waals surface area contributed by atoms with Crippen molar-refractivity contribution in [1.82, 2.24) is 4.90 Å². The van der Waals surface area contributed by atoms with Crippen LogP contribution in [0.3, 0.4) is 0 Å². The zero-order chi connectivity index (χ0) is 18.7. The Balaban J connectivity index is 2.36. The number of aliphatic imine (C=N–C) groups is 1. The van der Waals surface area contributed by atoms with Crippen molar-refractivity contribution >= 4 is 11.3 Å². The van der Waals surface area contributed by atoms with E-state index in [0.29, 0.717) is 0 Å². The van der Waals surface area contributed by atoms with E-state index >= 15 is 0 Å². The number of rotatable bonds is 5. The van der Waals surface area contributed by atoms with Gasteiger partial charge in [-0.1, -0.05) is 60.7 Å². The Morgan fingerprint density at radius 3 is 2.46 bits per heavy atom. The first kappa shape index (κ1) is 18.2. The lowest BCUT2D eigenvalue weighted by Crippen LogP contribution is -2.34. The largest absolute Gasteiger partial charge is 0.374 e. The smallest absolute Gasteiger partial charge is 0.0758 e. The molecule has 1 atom stereocenters. The highest BCUT2D eigenvalue weighted by Gasteiger charge is 2.32. The van der Waals surface area contributed by atoms with Gasteiger partial charge in [0, 0.05) is 24.4 Å². The molecule has 0 N–H and O–H groups in total. The van der Waals surface area contributed by atoms with E-state index in [2.05, 4.69) is 87.7 Å². The fourth-order valence-corrected chi connectivity index (χ4v) is 3.70. The van der Waals surface area contributed by atoms with Gasteiger partial charge in [0.2, 0.25) is 0 Å². The number of benzene rings is 1. The monoisotopic (exact) mass is 344 g/mol. The first-order valence-corrected chi connectivity index (χ1v) is 9.44. The van der Waals surface area contributed by atoms with E-state index in [1.54, 1.807) is 0 Å². The number of hydrogen-bond donors (Lipinski definition) is 0. The molecular formula is C24H28N2. The highest BCUT2D eigenvalue weighted by molar-refractivity contribution is 6.07. The van der Waals surface area contributed by atoms with E-state index in [4.69, 9.17) is 4.99 Å². The van der Waals surface area contributed by atoms with Gasteiger partial charge in [0.1, 0.15) is 0 Å². The highest BCUT2D eigenvalue weighted by Crippen LogP contribution is 2.41.